The van der Waals surface area contributed by atoms with Crippen LogP contribution in [0, 0.1) is 11.8 Å². The van der Waals surface area contributed by atoms with Gasteiger partial charge in [0.05, 0.1) is 0 Å². The van der Waals surface area contributed by atoms with Gasteiger partial charge in [-0.05, 0) is 31.1 Å². The van der Waals surface area contributed by atoms with Crippen molar-refractivity contribution >= 4 is 17.9 Å². The van der Waals surface area contributed by atoms with Crippen LogP contribution in [0.2, 0.25) is 0 Å². The van der Waals surface area contributed by atoms with Gasteiger partial charge >= 0.3 is 17.9 Å². The summed E-state index contributed by atoms with van der Waals surface area (Å²) in [4.78, 5) is 37.7. The Labute approximate surface area is 323 Å². The second-order valence-electron chi connectivity index (χ2n) is 16.4. The van der Waals surface area contributed by atoms with Crippen LogP contribution in [0.15, 0.2) is 0 Å². The molecule has 6 nitrogen and oxygen atoms in total. The molecule has 0 fully saturated rings. The van der Waals surface area contributed by atoms with Gasteiger partial charge in [0.2, 0.25) is 0 Å². The van der Waals surface area contributed by atoms with Crippen molar-refractivity contribution in [1.82, 2.24) is 0 Å². The van der Waals surface area contributed by atoms with Crippen molar-refractivity contribution in [2.45, 2.75) is 253 Å². The molecule has 0 saturated carbocycles. The molecule has 0 aromatic heterocycles. The lowest BCUT2D eigenvalue weighted by atomic mass is 10.00. The van der Waals surface area contributed by atoms with Gasteiger partial charge in [-0.1, -0.05) is 208 Å². The van der Waals surface area contributed by atoms with Crippen LogP contribution < -0.4 is 0 Å². The number of esters is 3. The topological polar surface area (TPSA) is 78.9 Å². The van der Waals surface area contributed by atoms with E-state index >= 15 is 0 Å². The van der Waals surface area contributed by atoms with Gasteiger partial charge in [0.15, 0.2) is 6.10 Å². The zero-order valence-electron chi connectivity index (χ0n) is 35.4. The maximum atomic E-state index is 12.7. The molecule has 0 aromatic carbocycles. The molecule has 308 valence electrons. The van der Waals surface area contributed by atoms with Gasteiger partial charge in [-0.25, -0.2) is 0 Å². The summed E-state index contributed by atoms with van der Waals surface area (Å²) in [6.07, 6.45) is 36.6. The second kappa shape index (κ2) is 39.1. The maximum absolute atomic E-state index is 12.7. The smallest absolute Gasteiger partial charge is 0.306 e. The summed E-state index contributed by atoms with van der Waals surface area (Å²) < 4.78 is 16.7. The minimum atomic E-state index is -0.761. The second-order valence-corrected chi connectivity index (χ2v) is 16.4. The Kier molecular flexibility index (Phi) is 37.9. The molecule has 0 aliphatic carbocycles. The third kappa shape index (κ3) is 38.1. The minimum absolute atomic E-state index is 0.0657. The summed E-state index contributed by atoms with van der Waals surface area (Å²) in [5.41, 5.74) is 0. The number of hydrogen-bond donors (Lipinski definition) is 0. The highest BCUT2D eigenvalue weighted by molar-refractivity contribution is 5.71. The lowest BCUT2D eigenvalue weighted by Gasteiger charge is -2.18. The molecule has 0 aliphatic heterocycles. The summed E-state index contributed by atoms with van der Waals surface area (Å²) >= 11 is 0. The van der Waals surface area contributed by atoms with Crippen LogP contribution in [-0.4, -0.2) is 37.2 Å². The molecule has 0 aromatic rings. The Hall–Kier alpha value is -1.59. The van der Waals surface area contributed by atoms with Crippen molar-refractivity contribution in [2.75, 3.05) is 13.2 Å². The first kappa shape index (κ1) is 50.4. The first-order valence-corrected chi connectivity index (χ1v) is 22.8. The van der Waals surface area contributed by atoms with E-state index in [1.807, 2.05) is 0 Å². The standard InChI is InChI=1S/C46H88O6/c1-6-8-9-10-11-12-13-14-17-20-26-31-36-44(47)50-39-43(52-46(49)38-33-28-23-22-25-30-35-42(5)7-2)40-51-45(48)37-32-27-21-18-15-16-19-24-29-34-41(3)4/h41-43H,6-40H2,1-5H3/t42?,43-/m1/s1. The van der Waals surface area contributed by atoms with Gasteiger partial charge in [0.25, 0.3) is 0 Å². The van der Waals surface area contributed by atoms with E-state index in [-0.39, 0.29) is 31.1 Å². The predicted octanol–water partition coefficient (Wildman–Crippen LogP) is 14.2. The molecule has 6 heteroatoms. The zero-order valence-corrected chi connectivity index (χ0v) is 35.4. The fourth-order valence-corrected chi connectivity index (χ4v) is 6.72. The van der Waals surface area contributed by atoms with Crippen LogP contribution in [-0.2, 0) is 28.6 Å². The Morgan fingerprint density at radius 3 is 1.10 bits per heavy atom. The maximum Gasteiger partial charge on any atom is 0.306 e. The quantitative estimate of drug-likeness (QED) is 0.0354. The number of unbranched alkanes of at least 4 members (excludes halogenated alkanes) is 24. The van der Waals surface area contributed by atoms with Crippen molar-refractivity contribution < 1.29 is 28.6 Å². The molecule has 0 amide bonds. The fourth-order valence-electron chi connectivity index (χ4n) is 6.72. The van der Waals surface area contributed by atoms with E-state index in [2.05, 4.69) is 34.6 Å². The Morgan fingerprint density at radius 2 is 0.731 bits per heavy atom. The van der Waals surface area contributed by atoms with Gasteiger partial charge < -0.3 is 14.2 Å². The Balaban J connectivity index is 4.34. The predicted molar refractivity (Wildman–Crippen MR) is 220 cm³/mol. The third-order valence-electron chi connectivity index (χ3n) is 10.6. The van der Waals surface area contributed by atoms with Gasteiger partial charge in [0.1, 0.15) is 13.2 Å². The first-order chi connectivity index (χ1) is 25.3. The van der Waals surface area contributed by atoms with E-state index in [0.717, 1.165) is 69.6 Å². The first-order valence-electron chi connectivity index (χ1n) is 22.8. The van der Waals surface area contributed by atoms with Crippen LogP contribution in [0.25, 0.3) is 0 Å². The highest BCUT2D eigenvalue weighted by Crippen LogP contribution is 2.17. The number of rotatable bonds is 40. The normalized spacial score (nSPS) is 12.6. The summed E-state index contributed by atoms with van der Waals surface area (Å²) in [6, 6.07) is 0. The number of ether oxygens (including phenoxy) is 3. The zero-order chi connectivity index (χ0) is 38.3. The lowest BCUT2D eigenvalue weighted by molar-refractivity contribution is -0.167. The summed E-state index contributed by atoms with van der Waals surface area (Å²) in [5, 5.41) is 0. The van der Waals surface area contributed by atoms with Crippen LogP contribution in [0.1, 0.15) is 247 Å². The van der Waals surface area contributed by atoms with Crippen molar-refractivity contribution in [3.05, 3.63) is 0 Å². The molecule has 0 heterocycles. The van der Waals surface area contributed by atoms with Crippen molar-refractivity contribution in [3.8, 4) is 0 Å². The van der Waals surface area contributed by atoms with E-state index in [0.29, 0.717) is 19.3 Å². The summed E-state index contributed by atoms with van der Waals surface area (Å²) in [5.74, 6) is 0.757. The third-order valence-corrected chi connectivity index (χ3v) is 10.6. The summed E-state index contributed by atoms with van der Waals surface area (Å²) in [7, 11) is 0. The molecule has 2 atom stereocenters. The molecule has 0 saturated heterocycles. The lowest BCUT2D eigenvalue weighted by Crippen LogP contribution is -2.30. The van der Waals surface area contributed by atoms with Crippen molar-refractivity contribution in [3.63, 3.8) is 0 Å². The van der Waals surface area contributed by atoms with Crippen LogP contribution >= 0.6 is 0 Å². The van der Waals surface area contributed by atoms with E-state index in [1.165, 1.54) is 135 Å². The minimum Gasteiger partial charge on any atom is -0.462 e. The summed E-state index contributed by atoms with van der Waals surface area (Å²) in [6.45, 7) is 11.3. The molecule has 0 spiro atoms. The number of carbonyl (C=O) groups excluding carboxylic acids is 3. The molecular formula is C46H88O6. The Bertz CT molecular complexity index is 796. The van der Waals surface area contributed by atoms with Gasteiger partial charge in [-0.3, -0.25) is 14.4 Å². The Morgan fingerprint density at radius 1 is 0.404 bits per heavy atom. The molecule has 52 heavy (non-hydrogen) atoms. The van der Waals surface area contributed by atoms with E-state index < -0.39 is 6.10 Å². The van der Waals surface area contributed by atoms with Crippen molar-refractivity contribution in [1.29, 1.82) is 0 Å². The largest absolute Gasteiger partial charge is 0.462 e. The number of carbonyl (C=O) groups is 3. The van der Waals surface area contributed by atoms with Gasteiger partial charge in [-0.15, -0.1) is 0 Å². The van der Waals surface area contributed by atoms with Crippen LogP contribution in [0.5, 0.6) is 0 Å². The molecule has 0 radical (unpaired) electrons. The van der Waals surface area contributed by atoms with Crippen LogP contribution in [0.3, 0.4) is 0 Å². The molecule has 0 rings (SSSR count). The molecule has 0 N–H and O–H groups in total. The van der Waals surface area contributed by atoms with E-state index in [4.69, 9.17) is 14.2 Å². The SMILES string of the molecule is CCCCCCCCCCCCCCC(=O)OC[C@H](COC(=O)CCCCCCCCCCCC(C)C)OC(=O)CCCCCCCCC(C)CC. The fraction of sp³-hybridized carbons (Fsp3) is 0.935. The van der Waals surface area contributed by atoms with E-state index in [1.54, 1.807) is 0 Å². The van der Waals surface area contributed by atoms with Gasteiger partial charge in [0, 0.05) is 19.3 Å². The molecule has 0 bridgehead atoms. The molecular weight excluding hydrogens is 648 g/mol. The molecule has 0 aliphatic rings. The molecule has 1 unspecified atom stereocenters. The highest BCUT2D eigenvalue weighted by atomic mass is 16.6. The number of hydrogen-bond acceptors (Lipinski definition) is 6. The average Bonchev–Trinajstić information content (AvgIpc) is 3.12. The van der Waals surface area contributed by atoms with E-state index in [9.17, 15) is 14.4 Å². The average molecular weight is 737 g/mol. The van der Waals surface area contributed by atoms with Crippen molar-refractivity contribution in [2.24, 2.45) is 11.8 Å². The van der Waals surface area contributed by atoms with Crippen LogP contribution in [0.4, 0.5) is 0 Å². The highest BCUT2D eigenvalue weighted by Gasteiger charge is 2.19. The monoisotopic (exact) mass is 737 g/mol. The van der Waals surface area contributed by atoms with Gasteiger partial charge in [-0.2, -0.15) is 0 Å².